The van der Waals surface area contributed by atoms with Crippen molar-refractivity contribution in [2.75, 3.05) is 20.3 Å². The number of hydrogen-bond acceptors (Lipinski definition) is 5. The number of methoxy groups -OCH3 is 1. The summed E-state index contributed by atoms with van der Waals surface area (Å²) in [5.74, 6) is -0.442. The largest absolute Gasteiger partial charge is 0.493 e. The van der Waals surface area contributed by atoms with Gasteiger partial charge in [-0.15, -0.1) is 0 Å². The minimum atomic E-state index is -0.595. The molecule has 2 aromatic rings. The van der Waals surface area contributed by atoms with Crippen molar-refractivity contribution in [1.29, 1.82) is 0 Å². The third kappa shape index (κ3) is 6.18. The molecule has 144 valence electrons. The minimum absolute atomic E-state index is 0.212. The second kappa shape index (κ2) is 10.0. The number of carbonyl (C=O) groups excluding carboxylic acids is 2. The molecule has 0 saturated heterocycles. The van der Waals surface area contributed by atoms with Gasteiger partial charge in [-0.25, -0.2) is 4.39 Å². The predicted octanol–water partition coefficient (Wildman–Crippen LogP) is 2.46. The van der Waals surface area contributed by atoms with Crippen molar-refractivity contribution in [3.05, 3.63) is 53.8 Å². The summed E-state index contributed by atoms with van der Waals surface area (Å²) >= 11 is 0. The van der Waals surface area contributed by atoms with Crippen molar-refractivity contribution >= 4 is 11.8 Å². The number of rotatable bonds is 8. The van der Waals surface area contributed by atoms with E-state index in [0.717, 1.165) is 12.5 Å². The van der Waals surface area contributed by atoms with Crippen LogP contribution in [0, 0.1) is 5.82 Å². The van der Waals surface area contributed by atoms with Crippen LogP contribution in [0.1, 0.15) is 23.7 Å². The number of nitrogens with one attached hydrogen (secondary N) is 2. The van der Waals surface area contributed by atoms with Crippen molar-refractivity contribution in [2.24, 2.45) is 0 Å². The molecule has 27 heavy (non-hydrogen) atoms. The zero-order valence-electron chi connectivity index (χ0n) is 15.1. The Morgan fingerprint density at radius 1 is 1.04 bits per heavy atom. The smallest absolute Gasteiger partial charge is 0.276 e. The fourth-order valence-electron chi connectivity index (χ4n) is 2.08. The molecule has 2 amide bonds. The Hall–Kier alpha value is -3.29. The first-order chi connectivity index (χ1) is 13.0. The van der Waals surface area contributed by atoms with Crippen LogP contribution in [0.3, 0.4) is 0 Å². The molecule has 0 aliphatic rings. The molecule has 0 aliphatic carbocycles. The minimum Gasteiger partial charge on any atom is -0.493 e. The van der Waals surface area contributed by atoms with Gasteiger partial charge in [0.25, 0.3) is 11.8 Å². The quantitative estimate of drug-likeness (QED) is 0.692. The molecule has 0 unspecified atom stereocenters. The predicted molar refractivity (Wildman–Crippen MR) is 96.3 cm³/mol. The van der Waals surface area contributed by atoms with Gasteiger partial charge in [-0.1, -0.05) is 13.0 Å². The summed E-state index contributed by atoms with van der Waals surface area (Å²) < 4.78 is 28.9. The van der Waals surface area contributed by atoms with E-state index >= 15 is 0 Å². The number of benzene rings is 2. The van der Waals surface area contributed by atoms with Crippen LogP contribution in [-0.2, 0) is 4.79 Å². The number of ether oxygens (including phenoxy) is 3. The fourth-order valence-corrected chi connectivity index (χ4v) is 2.08. The van der Waals surface area contributed by atoms with Gasteiger partial charge in [-0.2, -0.15) is 0 Å². The van der Waals surface area contributed by atoms with E-state index in [1.165, 1.54) is 31.4 Å². The lowest BCUT2D eigenvalue weighted by Gasteiger charge is -2.12. The highest BCUT2D eigenvalue weighted by Crippen LogP contribution is 2.28. The molecule has 0 fully saturated rings. The van der Waals surface area contributed by atoms with Crippen LogP contribution in [0.5, 0.6) is 17.2 Å². The third-order valence-corrected chi connectivity index (χ3v) is 3.37. The summed E-state index contributed by atoms with van der Waals surface area (Å²) in [6, 6.07) is 10.1. The van der Waals surface area contributed by atoms with Gasteiger partial charge in [0.1, 0.15) is 11.6 Å². The number of hydrogen-bond donors (Lipinski definition) is 2. The first kappa shape index (κ1) is 20.0. The molecule has 0 heterocycles. The Bertz CT molecular complexity index is 797. The van der Waals surface area contributed by atoms with Crippen molar-refractivity contribution in [3.8, 4) is 17.2 Å². The molecule has 0 bridgehead atoms. The van der Waals surface area contributed by atoms with Crippen LogP contribution in [-0.4, -0.2) is 32.1 Å². The van der Waals surface area contributed by atoms with Crippen LogP contribution >= 0.6 is 0 Å². The van der Waals surface area contributed by atoms with Gasteiger partial charge >= 0.3 is 0 Å². The number of halogens is 1. The molecule has 7 nitrogen and oxygen atoms in total. The molecule has 0 aromatic heterocycles. The van der Waals surface area contributed by atoms with E-state index in [1.54, 1.807) is 12.1 Å². The molecule has 2 aromatic carbocycles. The molecule has 0 radical (unpaired) electrons. The summed E-state index contributed by atoms with van der Waals surface area (Å²) in [5, 5.41) is 0. The first-order valence-electron chi connectivity index (χ1n) is 8.32. The van der Waals surface area contributed by atoms with E-state index in [1.807, 2.05) is 6.92 Å². The fraction of sp³-hybridized carbons (Fsp3) is 0.263. The Labute approximate surface area is 156 Å². The van der Waals surface area contributed by atoms with Crippen molar-refractivity contribution in [2.45, 2.75) is 13.3 Å². The van der Waals surface area contributed by atoms with Crippen LogP contribution in [0.25, 0.3) is 0 Å². The van der Waals surface area contributed by atoms with Crippen LogP contribution in [0.4, 0.5) is 4.39 Å². The summed E-state index contributed by atoms with van der Waals surface area (Å²) in [7, 11) is 1.47. The maximum absolute atomic E-state index is 13.0. The van der Waals surface area contributed by atoms with Crippen LogP contribution in [0.15, 0.2) is 42.5 Å². The van der Waals surface area contributed by atoms with Crippen molar-refractivity contribution in [1.82, 2.24) is 10.9 Å². The Balaban J connectivity index is 1.86. The average Bonchev–Trinajstić information content (AvgIpc) is 2.68. The maximum Gasteiger partial charge on any atom is 0.276 e. The number of amides is 2. The highest BCUT2D eigenvalue weighted by Gasteiger charge is 2.12. The normalized spacial score (nSPS) is 10.0. The highest BCUT2D eigenvalue weighted by molar-refractivity contribution is 5.96. The summed E-state index contributed by atoms with van der Waals surface area (Å²) in [5.41, 5.74) is 4.77. The SMILES string of the molecule is CCCOc1ccc(C(=O)NNC(=O)COc2cccc(F)c2)cc1OC. The van der Waals surface area contributed by atoms with E-state index < -0.39 is 17.6 Å². The molecule has 8 heteroatoms. The van der Waals surface area contributed by atoms with E-state index in [0.29, 0.717) is 18.1 Å². The Morgan fingerprint density at radius 3 is 2.56 bits per heavy atom. The third-order valence-electron chi connectivity index (χ3n) is 3.37. The van der Waals surface area contributed by atoms with Crippen LogP contribution < -0.4 is 25.1 Å². The highest BCUT2D eigenvalue weighted by atomic mass is 19.1. The van der Waals surface area contributed by atoms with E-state index in [4.69, 9.17) is 14.2 Å². The maximum atomic E-state index is 13.0. The van der Waals surface area contributed by atoms with Gasteiger partial charge in [0.05, 0.1) is 13.7 Å². The molecule has 0 aliphatic heterocycles. The van der Waals surface area contributed by atoms with Gasteiger partial charge in [-0.3, -0.25) is 20.4 Å². The second-order valence-corrected chi connectivity index (χ2v) is 5.46. The van der Waals surface area contributed by atoms with E-state index in [-0.39, 0.29) is 17.9 Å². The molecule has 0 atom stereocenters. The summed E-state index contributed by atoms with van der Waals surface area (Å²) in [6.45, 7) is 2.13. The monoisotopic (exact) mass is 376 g/mol. The van der Waals surface area contributed by atoms with Crippen molar-refractivity contribution < 1.29 is 28.2 Å². The van der Waals surface area contributed by atoms with Gasteiger partial charge in [-0.05, 0) is 36.8 Å². The Morgan fingerprint density at radius 2 is 1.85 bits per heavy atom. The van der Waals surface area contributed by atoms with Gasteiger partial charge in [0.15, 0.2) is 18.1 Å². The summed E-state index contributed by atoms with van der Waals surface area (Å²) in [6.07, 6.45) is 0.842. The lowest BCUT2D eigenvalue weighted by Crippen LogP contribution is -2.43. The molecule has 2 N–H and O–H groups in total. The molecule has 0 saturated carbocycles. The standard InChI is InChI=1S/C19H21FN2O5/c1-3-9-26-16-8-7-13(10-17(16)25-2)19(24)22-21-18(23)12-27-15-6-4-5-14(20)11-15/h4-8,10-11H,3,9,12H2,1-2H3,(H,21,23)(H,22,24). The van der Waals surface area contributed by atoms with Gasteiger partial charge in [0.2, 0.25) is 0 Å². The zero-order chi connectivity index (χ0) is 19.6. The van der Waals surface area contributed by atoms with Gasteiger partial charge < -0.3 is 14.2 Å². The van der Waals surface area contributed by atoms with Crippen LogP contribution in [0.2, 0.25) is 0 Å². The lowest BCUT2D eigenvalue weighted by molar-refractivity contribution is -0.123. The van der Waals surface area contributed by atoms with E-state index in [2.05, 4.69) is 10.9 Å². The molecule has 0 spiro atoms. The van der Waals surface area contributed by atoms with Crippen molar-refractivity contribution in [3.63, 3.8) is 0 Å². The molecular weight excluding hydrogens is 355 g/mol. The first-order valence-corrected chi connectivity index (χ1v) is 8.32. The number of carbonyl (C=O) groups is 2. The topological polar surface area (TPSA) is 85.9 Å². The molecule has 2 rings (SSSR count). The number of hydrazine groups is 1. The van der Waals surface area contributed by atoms with Gasteiger partial charge in [0, 0.05) is 11.6 Å². The van der Waals surface area contributed by atoms with E-state index in [9.17, 15) is 14.0 Å². The lowest BCUT2D eigenvalue weighted by atomic mass is 10.2. The summed E-state index contributed by atoms with van der Waals surface area (Å²) in [4.78, 5) is 23.9. The second-order valence-electron chi connectivity index (χ2n) is 5.46. The molecular formula is C19H21FN2O5. The average molecular weight is 376 g/mol. The zero-order valence-corrected chi connectivity index (χ0v) is 15.1. The Kier molecular flexibility index (Phi) is 7.42.